The van der Waals surface area contributed by atoms with Crippen molar-refractivity contribution >= 4 is 5.84 Å². The van der Waals surface area contributed by atoms with Gasteiger partial charge < -0.3 is 4.74 Å². The second-order valence-electron chi connectivity index (χ2n) is 6.53. The third-order valence-electron chi connectivity index (χ3n) is 4.55. The van der Waals surface area contributed by atoms with Crippen LogP contribution in [0.3, 0.4) is 0 Å². The van der Waals surface area contributed by atoms with Crippen molar-refractivity contribution < 1.29 is 4.74 Å². The number of benzene rings is 1. The third-order valence-corrected chi connectivity index (χ3v) is 4.55. The molecule has 138 valence electrons. The quantitative estimate of drug-likeness (QED) is 0.517. The lowest BCUT2D eigenvalue weighted by Crippen LogP contribution is -2.24. The van der Waals surface area contributed by atoms with Crippen molar-refractivity contribution in [1.82, 2.24) is 19.5 Å². The van der Waals surface area contributed by atoms with Gasteiger partial charge in [0.2, 0.25) is 5.88 Å². The van der Waals surface area contributed by atoms with Crippen LogP contribution in [-0.2, 0) is 0 Å². The van der Waals surface area contributed by atoms with Crippen LogP contribution in [0.25, 0.3) is 0 Å². The summed E-state index contributed by atoms with van der Waals surface area (Å²) in [5, 5.41) is 7.15. The maximum absolute atomic E-state index is 6.06. The average Bonchev–Trinajstić information content (AvgIpc) is 3.12. The SMILES string of the molecule is c1ccc(Oc2ccccc2C(=NN2CCCCCC2)n2ccnc2)nc1. The van der Waals surface area contributed by atoms with Gasteiger partial charge in [0.05, 0.1) is 5.56 Å². The molecule has 3 aromatic rings. The Morgan fingerprint density at radius 1 is 0.926 bits per heavy atom. The number of imidazole rings is 1. The highest BCUT2D eigenvalue weighted by Gasteiger charge is 2.16. The molecule has 0 aliphatic carbocycles. The van der Waals surface area contributed by atoms with Gasteiger partial charge in [-0.15, -0.1) is 0 Å². The van der Waals surface area contributed by atoms with Crippen molar-refractivity contribution in [3.63, 3.8) is 0 Å². The van der Waals surface area contributed by atoms with Gasteiger partial charge in [-0.1, -0.05) is 31.0 Å². The lowest BCUT2D eigenvalue weighted by atomic mass is 10.2. The molecule has 1 aromatic carbocycles. The van der Waals surface area contributed by atoms with Crippen LogP contribution in [0.5, 0.6) is 11.6 Å². The molecule has 1 aliphatic rings. The van der Waals surface area contributed by atoms with Crippen molar-refractivity contribution in [3.05, 3.63) is 72.9 Å². The summed E-state index contributed by atoms with van der Waals surface area (Å²) in [4.78, 5) is 8.48. The Morgan fingerprint density at radius 2 is 1.74 bits per heavy atom. The minimum Gasteiger partial charge on any atom is -0.438 e. The number of nitrogens with zero attached hydrogens (tertiary/aromatic N) is 5. The molecule has 0 bridgehead atoms. The molecular formula is C21H23N5O. The summed E-state index contributed by atoms with van der Waals surface area (Å²) < 4.78 is 7.99. The topological polar surface area (TPSA) is 55.5 Å². The molecule has 4 rings (SSSR count). The van der Waals surface area contributed by atoms with Crippen molar-refractivity contribution in [2.75, 3.05) is 13.1 Å². The van der Waals surface area contributed by atoms with E-state index in [0.29, 0.717) is 5.88 Å². The van der Waals surface area contributed by atoms with E-state index >= 15 is 0 Å². The standard InChI is InChI=1S/C21H23N5O/c1-2-8-15-26(14-7-1)24-21(25-16-13-22-17-25)18-9-3-4-10-19(18)27-20-11-5-6-12-23-20/h3-6,9-13,16-17H,1-2,7-8,14-15H2. The fourth-order valence-electron chi connectivity index (χ4n) is 3.18. The second kappa shape index (κ2) is 8.49. The number of rotatable bonds is 4. The van der Waals surface area contributed by atoms with Crippen LogP contribution in [0, 0.1) is 0 Å². The first-order valence-electron chi connectivity index (χ1n) is 9.40. The van der Waals surface area contributed by atoms with Gasteiger partial charge in [0, 0.05) is 37.7 Å². The molecule has 0 spiro atoms. The number of ether oxygens (including phenoxy) is 1. The minimum absolute atomic E-state index is 0.560. The normalized spacial score (nSPS) is 15.4. The number of pyridine rings is 1. The van der Waals surface area contributed by atoms with Crippen LogP contribution in [0.1, 0.15) is 31.2 Å². The number of hydrogen-bond donors (Lipinski definition) is 0. The fraction of sp³-hybridized carbons (Fsp3) is 0.286. The van der Waals surface area contributed by atoms with Crippen LogP contribution in [-0.4, -0.2) is 38.5 Å². The van der Waals surface area contributed by atoms with E-state index in [1.54, 1.807) is 18.7 Å². The highest BCUT2D eigenvalue weighted by molar-refractivity contribution is 6.02. The highest BCUT2D eigenvalue weighted by Crippen LogP contribution is 2.25. The molecule has 0 N–H and O–H groups in total. The van der Waals surface area contributed by atoms with Gasteiger partial charge in [0.15, 0.2) is 5.84 Å². The van der Waals surface area contributed by atoms with Gasteiger partial charge in [-0.25, -0.2) is 9.97 Å². The van der Waals surface area contributed by atoms with Gasteiger partial charge in [0.1, 0.15) is 12.1 Å². The number of aromatic nitrogens is 3. The van der Waals surface area contributed by atoms with Crippen molar-refractivity contribution in [2.45, 2.75) is 25.7 Å². The monoisotopic (exact) mass is 361 g/mol. The van der Waals surface area contributed by atoms with E-state index < -0.39 is 0 Å². The Bertz CT molecular complexity index is 869. The van der Waals surface area contributed by atoms with E-state index in [9.17, 15) is 0 Å². The van der Waals surface area contributed by atoms with Crippen LogP contribution < -0.4 is 4.74 Å². The largest absolute Gasteiger partial charge is 0.438 e. The van der Waals surface area contributed by atoms with Gasteiger partial charge in [-0.05, 0) is 31.0 Å². The predicted octanol–water partition coefficient (Wildman–Crippen LogP) is 4.16. The van der Waals surface area contributed by atoms with Crippen LogP contribution in [0.15, 0.2) is 72.5 Å². The molecule has 0 unspecified atom stereocenters. The molecule has 3 heterocycles. The summed E-state index contributed by atoms with van der Waals surface area (Å²) in [6.07, 6.45) is 12.1. The Balaban J connectivity index is 1.72. The molecule has 0 atom stereocenters. The van der Waals surface area contributed by atoms with E-state index in [2.05, 4.69) is 15.0 Å². The van der Waals surface area contributed by atoms with E-state index in [4.69, 9.17) is 9.84 Å². The fourth-order valence-corrected chi connectivity index (χ4v) is 3.18. The van der Waals surface area contributed by atoms with Crippen LogP contribution in [0.4, 0.5) is 0 Å². The van der Waals surface area contributed by atoms with E-state index in [1.165, 1.54) is 25.7 Å². The minimum atomic E-state index is 0.560. The number of hydrazone groups is 1. The zero-order valence-electron chi connectivity index (χ0n) is 15.2. The van der Waals surface area contributed by atoms with Crippen LogP contribution in [0.2, 0.25) is 0 Å². The first-order chi connectivity index (χ1) is 13.4. The molecule has 0 saturated carbocycles. The van der Waals surface area contributed by atoms with Crippen LogP contribution >= 0.6 is 0 Å². The van der Waals surface area contributed by atoms with Crippen molar-refractivity contribution in [1.29, 1.82) is 0 Å². The summed E-state index contributed by atoms with van der Waals surface area (Å²) in [7, 11) is 0. The van der Waals surface area contributed by atoms with Gasteiger partial charge in [-0.3, -0.25) is 9.58 Å². The Labute approximate surface area is 159 Å². The van der Waals surface area contributed by atoms with Gasteiger partial charge in [0.25, 0.3) is 0 Å². The van der Waals surface area contributed by atoms with Gasteiger partial charge >= 0.3 is 0 Å². The number of hydrogen-bond acceptors (Lipinski definition) is 5. The highest BCUT2D eigenvalue weighted by atomic mass is 16.5. The Kier molecular flexibility index (Phi) is 5.43. The second-order valence-corrected chi connectivity index (χ2v) is 6.53. The van der Waals surface area contributed by atoms with Crippen molar-refractivity contribution in [3.8, 4) is 11.6 Å². The Hall–Kier alpha value is -3.15. The smallest absolute Gasteiger partial charge is 0.219 e. The average molecular weight is 361 g/mol. The summed E-state index contributed by atoms with van der Waals surface area (Å²) in [6, 6.07) is 13.5. The molecule has 2 aromatic heterocycles. The lowest BCUT2D eigenvalue weighted by Gasteiger charge is -2.20. The molecule has 6 heteroatoms. The zero-order valence-corrected chi connectivity index (χ0v) is 15.2. The first-order valence-corrected chi connectivity index (χ1v) is 9.40. The Morgan fingerprint density at radius 3 is 2.48 bits per heavy atom. The molecule has 1 aliphatic heterocycles. The molecule has 6 nitrogen and oxygen atoms in total. The van der Waals surface area contributed by atoms with E-state index in [-0.39, 0.29) is 0 Å². The van der Waals surface area contributed by atoms with E-state index in [1.807, 2.05) is 53.2 Å². The zero-order chi connectivity index (χ0) is 18.3. The lowest BCUT2D eigenvalue weighted by molar-refractivity contribution is 0.299. The molecule has 0 amide bonds. The van der Waals surface area contributed by atoms with E-state index in [0.717, 1.165) is 30.2 Å². The maximum atomic E-state index is 6.06. The van der Waals surface area contributed by atoms with Crippen molar-refractivity contribution in [2.24, 2.45) is 5.10 Å². The molecule has 27 heavy (non-hydrogen) atoms. The molecular weight excluding hydrogens is 338 g/mol. The summed E-state index contributed by atoms with van der Waals surface area (Å²) in [5.74, 6) is 2.09. The predicted molar refractivity (Wildman–Crippen MR) is 105 cm³/mol. The number of para-hydroxylation sites is 1. The summed E-state index contributed by atoms with van der Waals surface area (Å²) >= 11 is 0. The molecule has 1 saturated heterocycles. The molecule has 0 radical (unpaired) electrons. The summed E-state index contributed by atoms with van der Waals surface area (Å²) in [6.45, 7) is 1.95. The first kappa shape index (κ1) is 17.3. The maximum Gasteiger partial charge on any atom is 0.219 e. The third kappa shape index (κ3) is 4.34. The molecule has 1 fully saturated rings. The summed E-state index contributed by atoms with van der Waals surface area (Å²) in [5.41, 5.74) is 0.908. The van der Waals surface area contributed by atoms with Gasteiger partial charge in [-0.2, -0.15) is 5.10 Å².